The molecule has 0 aliphatic carbocycles. The van der Waals surface area contributed by atoms with Crippen molar-refractivity contribution in [2.24, 2.45) is 0 Å². The summed E-state index contributed by atoms with van der Waals surface area (Å²) in [5.74, 6) is -0.524. The molecule has 2 aromatic rings. The normalized spacial score (nSPS) is 13.6. The fraction of sp³-hybridized carbons (Fsp3) is 0.0714. The number of nitrogens with one attached hydrogen (secondary N) is 1. The zero-order valence-corrected chi connectivity index (χ0v) is 10.0. The smallest absolute Gasteiger partial charge is 0.263 e. The third-order valence-electron chi connectivity index (χ3n) is 3.00. The van der Waals surface area contributed by atoms with E-state index in [1.54, 1.807) is 48.8 Å². The number of anilines is 1. The maximum Gasteiger partial charge on any atom is 0.263 e. The van der Waals surface area contributed by atoms with Crippen LogP contribution in [0.4, 0.5) is 5.69 Å². The van der Waals surface area contributed by atoms with E-state index in [2.05, 4.69) is 10.3 Å². The largest absolute Gasteiger partial charge is 0.367 e. The number of benzene rings is 1. The molecule has 1 aliphatic rings. The molecular weight excluding hydrogens is 242 g/mol. The van der Waals surface area contributed by atoms with Gasteiger partial charge in [-0.3, -0.25) is 19.5 Å². The van der Waals surface area contributed by atoms with Gasteiger partial charge in [0.05, 0.1) is 17.8 Å². The lowest BCUT2D eigenvalue weighted by molar-refractivity contribution is 0.0666. The van der Waals surface area contributed by atoms with E-state index >= 15 is 0 Å². The molecule has 0 atom stereocenters. The first kappa shape index (κ1) is 11.4. The van der Waals surface area contributed by atoms with E-state index in [1.165, 1.54) is 4.90 Å². The molecule has 1 N–H and O–H groups in total. The van der Waals surface area contributed by atoms with Crippen molar-refractivity contribution >= 4 is 17.5 Å². The van der Waals surface area contributed by atoms with Gasteiger partial charge in [-0.05, 0) is 24.3 Å². The molecule has 1 aliphatic heterocycles. The summed E-state index contributed by atoms with van der Waals surface area (Å²) in [4.78, 5) is 29.3. The summed E-state index contributed by atoms with van der Waals surface area (Å²) in [5, 5.41) is 3.03. The lowest BCUT2D eigenvalue weighted by Gasteiger charge is -2.15. The van der Waals surface area contributed by atoms with Crippen LogP contribution in [0.5, 0.6) is 0 Å². The summed E-state index contributed by atoms with van der Waals surface area (Å²) in [6, 6.07) is 10.4. The number of fused-ring (bicyclic) bond motifs is 1. The first-order valence-electron chi connectivity index (χ1n) is 5.86. The minimum Gasteiger partial charge on any atom is -0.367 e. The van der Waals surface area contributed by atoms with Crippen LogP contribution in [-0.4, -0.2) is 28.4 Å². The van der Waals surface area contributed by atoms with E-state index < -0.39 is 0 Å². The molecule has 0 fully saturated rings. The first-order chi connectivity index (χ1) is 9.27. The van der Waals surface area contributed by atoms with Gasteiger partial charge in [-0.1, -0.05) is 12.1 Å². The predicted octanol–water partition coefficient (Wildman–Crippen LogP) is 1.75. The van der Waals surface area contributed by atoms with E-state index in [0.717, 1.165) is 5.69 Å². The third-order valence-corrected chi connectivity index (χ3v) is 3.00. The molecule has 3 rings (SSSR count). The van der Waals surface area contributed by atoms with Gasteiger partial charge in [-0.2, -0.15) is 0 Å². The number of imide groups is 1. The van der Waals surface area contributed by atoms with Gasteiger partial charge in [-0.25, -0.2) is 0 Å². The molecule has 0 spiro atoms. The van der Waals surface area contributed by atoms with Crippen LogP contribution in [0.15, 0.2) is 48.8 Å². The quantitative estimate of drug-likeness (QED) is 0.846. The lowest BCUT2D eigenvalue weighted by atomic mass is 10.1. The van der Waals surface area contributed by atoms with E-state index in [9.17, 15) is 9.59 Å². The second-order valence-corrected chi connectivity index (χ2v) is 4.15. The number of carbonyl (C=O) groups is 2. The van der Waals surface area contributed by atoms with Gasteiger partial charge in [0.15, 0.2) is 0 Å². The third kappa shape index (κ3) is 1.95. The predicted molar refractivity (Wildman–Crippen MR) is 69.7 cm³/mol. The van der Waals surface area contributed by atoms with Crippen molar-refractivity contribution in [2.45, 2.75) is 0 Å². The van der Waals surface area contributed by atoms with Gasteiger partial charge in [-0.15, -0.1) is 0 Å². The molecular formula is C14H11N3O2. The van der Waals surface area contributed by atoms with E-state index in [0.29, 0.717) is 11.1 Å². The molecule has 0 radical (unpaired) electrons. The topological polar surface area (TPSA) is 62.3 Å². The summed E-state index contributed by atoms with van der Waals surface area (Å²) >= 11 is 0. The minimum absolute atomic E-state index is 0.149. The Morgan fingerprint density at radius 2 is 1.53 bits per heavy atom. The molecule has 0 saturated heterocycles. The highest BCUT2D eigenvalue weighted by molar-refractivity contribution is 6.21. The minimum atomic E-state index is -0.262. The number of carbonyl (C=O) groups excluding carboxylic acids is 2. The fourth-order valence-corrected chi connectivity index (χ4v) is 2.02. The maximum atomic E-state index is 12.1. The molecule has 2 amide bonds. The van der Waals surface area contributed by atoms with Crippen LogP contribution in [0.1, 0.15) is 20.7 Å². The number of rotatable bonds is 3. The Kier molecular flexibility index (Phi) is 2.72. The Labute approximate surface area is 109 Å². The van der Waals surface area contributed by atoms with Gasteiger partial charge < -0.3 is 5.32 Å². The highest BCUT2D eigenvalue weighted by Crippen LogP contribution is 2.22. The summed E-state index contributed by atoms with van der Waals surface area (Å²) in [6.45, 7) is 0.149. The van der Waals surface area contributed by atoms with Gasteiger partial charge in [0.2, 0.25) is 0 Å². The van der Waals surface area contributed by atoms with Crippen LogP contribution >= 0.6 is 0 Å². The van der Waals surface area contributed by atoms with Crippen LogP contribution in [0, 0.1) is 0 Å². The summed E-state index contributed by atoms with van der Waals surface area (Å²) in [5.41, 5.74) is 1.74. The molecule has 94 valence electrons. The van der Waals surface area contributed by atoms with Crippen molar-refractivity contribution in [3.63, 3.8) is 0 Å². The Morgan fingerprint density at radius 1 is 0.947 bits per heavy atom. The van der Waals surface area contributed by atoms with Crippen LogP contribution in [0.3, 0.4) is 0 Å². The van der Waals surface area contributed by atoms with Crippen LogP contribution in [0.25, 0.3) is 0 Å². The van der Waals surface area contributed by atoms with Crippen LogP contribution < -0.4 is 5.32 Å². The zero-order valence-electron chi connectivity index (χ0n) is 10.0. The van der Waals surface area contributed by atoms with E-state index in [-0.39, 0.29) is 18.5 Å². The number of aromatic nitrogens is 1. The van der Waals surface area contributed by atoms with Gasteiger partial charge in [0.25, 0.3) is 11.8 Å². The van der Waals surface area contributed by atoms with Crippen LogP contribution in [-0.2, 0) is 0 Å². The van der Waals surface area contributed by atoms with Crippen molar-refractivity contribution < 1.29 is 9.59 Å². The summed E-state index contributed by atoms with van der Waals surface area (Å²) < 4.78 is 0. The Balaban J connectivity index is 1.78. The second kappa shape index (κ2) is 4.53. The number of hydrogen-bond acceptors (Lipinski definition) is 4. The van der Waals surface area contributed by atoms with Gasteiger partial charge in [0, 0.05) is 18.1 Å². The molecule has 0 bridgehead atoms. The van der Waals surface area contributed by atoms with E-state index in [4.69, 9.17) is 0 Å². The van der Waals surface area contributed by atoms with Crippen molar-refractivity contribution in [3.8, 4) is 0 Å². The second-order valence-electron chi connectivity index (χ2n) is 4.15. The standard InChI is InChI=1S/C14H11N3O2/c18-13-11-3-1-2-4-12(11)14(19)17(13)9-16-10-5-7-15-8-6-10/h1-8H,9H2,(H,15,16). The Hall–Kier alpha value is -2.69. The van der Waals surface area contributed by atoms with Gasteiger partial charge in [0.1, 0.15) is 0 Å². The maximum absolute atomic E-state index is 12.1. The average molecular weight is 253 g/mol. The SMILES string of the molecule is O=C1c2ccccc2C(=O)N1CNc1ccncc1. The monoisotopic (exact) mass is 253 g/mol. The van der Waals surface area contributed by atoms with Crippen LogP contribution in [0.2, 0.25) is 0 Å². The number of pyridine rings is 1. The highest BCUT2D eigenvalue weighted by Gasteiger charge is 2.34. The lowest BCUT2D eigenvalue weighted by Crippen LogP contribution is -2.34. The number of nitrogens with zero attached hydrogens (tertiary/aromatic N) is 2. The molecule has 1 aromatic heterocycles. The zero-order chi connectivity index (χ0) is 13.2. The Bertz CT molecular complexity index is 605. The average Bonchev–Trinajstić information content (AvgIpc) is 2.71. The fourth-order valence-electron chi connectivity index (χ4n) is 2.02. The molecule has 19 heavy (non-hydrogen) atoms. The molecule has 0 unspecified atom stereocenters. The molecule has 1 aromatic carbocycles. The van der Waals surface area contributed by atoms with Crippen molar-refractivity contribution in [2.75, 3.05) is 12.0 Å². The highest BCUT2D eigenvalue weighted by atomic mass is 16.2. The van der Waals surface area contributed by atoms with Crippen molar-refractivity contribution in [1.82, 2.24) is 9.88 Å². The molecule has 5 heteroatoms. The number of amides is 2. The van der Waals surface area contributed by atoms with Crippen molar-refractivity contribution in [1.29, 1.82) is 0 Å². The molecule has 0 saturated carbocycles. The molecule has 5 nitrogen and oxygen atoms in total. The first-order valence-corrected chi connectivity index (χ1v) is 5.86. The summed E-state index contributed by atoms with van der Waals surface area (Å²) in [7, 11) is 0. The van der Waals surface area contributed by atoms with Gasteiger partial charge >= 0.3 is 0 Å². The van der Waals surface area contributed by atoms with E-state index in [1.807, 2.05) is 0 Å². The number of hydrogen-bond donors (Lipinski definition) is 1. The van der Waals surface area contributed by atoms with Crippen molar-refractivity contribution in [3.05, 3.63) is 59.9 Å². The molecule has 2 heterocycles. The Morgan fingerprint density at radius 3 is 2.11 bits per heavy atom. The summed E-state index contributed by atoms with van der Waals surface area (Å²) in [6.07, 6.45) is 3.29.